The highest BCUT2D eigenvalue weighted by atomic mass is 32.2. The van der Waals surface area contributed by atoms with Crippen molar-refractivity contribution in [3.05, 3.63) is 0 Å². The topological polar surface area (TPSA) is 72.8 Å². The molecule has 0 amide bonds. The third kappa shape index (κ3) is 3.88. The molecule has 0 aromatic heterocycles. The lowest BCUT2D eigenvalue weighted by molar-refractivity contribution is -0.168. The van der Waals surface area contributed by atoms with Crippen LogP contribution >= 0.6 is 11.8 Å². The first-order valence-electron chi connectivity index (χ1n) is 6.20. The highest BCUT2D eigenvalue weighted by Gasteiger charge is 2.41. The highest BCUT2D eigenvalue weighted by molar-refractivity contribution is 7.99. The molecule has 2 atom stereocenters. The van der Waals surface area contributed by atoms with Crippen LogP contribution in [0.4, 0.5) is 0 Å². The van der Waals surface area contributed by atoms with Gasteiger partial charge in [0.15, 0.2) is 5.92 Å². The molecule has 0 radical (unpaired) electrons. The minimum Gasteiger partial charge on any atom is -0.465 e. The van der Waals surface area contributed by atoms with Crippen molar-refractivity contribution < 1.29 is 24.2 Å². The lowest BCUT2D eigenvalue weighted by Gasteiger charge is -2.23. The maximum atomic E-state index is 11.8. The van der Waals surface area contributed by atoms with Gasteiger partial charge in [-0.2, -0.15) is 11.8 Å². The predicted octanol–water partition coefficient (Wildman–Crippen LogP) is 0.843. The Hall–Kier alpha value is -0.750. The van der Waals surface area contributed by atoms with E-state index < -0.39 is 24.0 Å². The Morgan fingerprint density at radius 3 is 2.22 bits per heavy atom. The van der Waals surface area contributed by atoms with Gasteiger partial charge in [0.1, 0.15) is 0 Å². The molecule has 104 valence electrons. The van der Waals surface area contributed by atoms with Crippen LogP contribution in [0, 0.1) is 11.8 Å². The fraction of sp³-hybridized carbons (Fsp3) is 0.833. The Morgan fingerprint density at radius 1 is 1.28 bits per heavy atom. The van der Waals surface area contributed by atoms with Gasteiger partial charge in [0.2, 0.25) is 0 Å². The van der Waals surface area contributed by atoms with Gasteiger partial charge in [0.05, 0.1) is 19.3 Å². The van der Waals surface area contributed by atoms with Gasteiger partial charge < -0.3 is 14.6 Å². The number of carbonyl (C=O) groups excluding carboxylic acids is 2. The van der Waals surface area contributed by atoms with Crippen molar-refractivity contribution in [2.75, 3.05) is 24.7 Å². The molecule has 6 heteroatoms. The van der Waals surface area contributed by atoms with Crippen molar-refractivity contribution in [2.45, 2.75) is 26.4 Å². The van der Waals surface area contributed by atoms with Gasteiger partial charge in [-0.3, -0.25) is 9.59 Å². The Morgan fingerprint density at radius 2 is 1.83 bits per heavy atom. The lowest BCUT2D eigenvalue weighted by Crippen LogP contribution is -2.41. The average molecular weight is 276 g/mol. The van der Waals surface area contributed by atoms with Gasteiger partial charge in [-0.15, -0.1) is 0 Å². The number of esters is 2. The third-order valence-electron chi connectivity index (χ3n) is 2.87. The smallest absolute Gasteiger partial charge is 0.323 e. The van der Waals surface area contributed by atoms with Crippen LogP contribution in [-0.2, 0) is 19.1 Å². The van der Waals surface area contributed by atoms with Crippen LogP contribution in [-0.4, -0.2) is 47.9 Å². The Labute approximate surface area is 111 Å². The summed E-state index contributed by atoms with van der Waals surface area (Å²) in [6.07, 6.45) is -0.209. The van der Waals surface area contributed by atoms with Crippen molar-refractivity contribution in [2.24, 2.45) is 11.8 Å². The molecular weight excluding hydrogens is 256 g/mol. The summed E-state index contributed by atoms with van der Waals surface area (Å²) in [5.41, 5.74) is 0. The number of hydrogen-bond donors (Lipinski definition) is 1. The number of rotatable bonds is 6. The predicted molar refractivity (Wildman–Crippen MR) is 68.2 cm³/mol. The normalized spacial score (nSPS) is 20.8. The van der Waals surface area contributed by atoms with E-state index in [0.29, 0.717) is 0 Å². The fourth-order valence-electron chi connectivity index (χ4n) is 1.93. The van der Waals surface area contributed by atoms with Gasteiger partial charge in [0, 0.05) is 0 Å². The summed E-state index contributed by atoms with van der Waals surface area (Å²) in [6, 6.07) is 0. The molecule has 5 nitrogen and oxygen atoms in total. The molecule has 0 bridgehead atoms. The molecule has 1 saturated heterocycles. The monoisotopic (exact) mass is 276 g/mol. The Balaban J connectivity index is 2.74. The summed E-state index contributed by atoms with van der Waals surface area (Å²) in [7, 11) is 0. The molecule has 0 saturated carbocycles. The van der Waals surface area contributed by atoms with Crippen molar-refractivity contribution >= 4 is 23.7 Å². The van der Waals surface area contributed by atoms with Crippen molar-refractivity contribution in [3.63, 3.8) is 0 Å². The largest absolute Gasteiger partial charge is 0.465 e. The summed E-state index contributed by atoms with van der Waals surface area (Å²) in [6.45, 7) is 3.69. The zero-order valence-electron chi connectivity index (χ0n) is 10.8. The molecule has 1 aliphatic rings. The molecular formula is C12H20O5S. The molecule has 0 aromatic carbocycles. The second-order valence-corrected chi connectivity index (χ2v) is 5.25. The Bertz CT molecular complexity index is 270. The molecule has 0 aromatic rings. The zero-order chi connectivity index (χ0) is 13.5. The summed E-state index contributed by atoms with van der Waals surface area (Å²) in [5, 5.41) is 10.2. The van der Waals surface area contributed by atoms with Crippen molar-refractivity contribution in [3.8, 4) is 0 Å². The number of thioether (sulfide) groups is 1. The number of ether oxygens (including phenoxy) is 2. The molecule has 0 aliphatic carbocycles. The maximum absolute atomic E-state index is 11.8. The number of aliphatic hydroxyl groups excluding tert-OH is 1. The van der Waals surface area contributed by atoms with E-state index in [9.17, 15) is 14.7 Å². The average Bonchev–Trinajstić information content (AvgIpc) is 2.83. The van der Waals surface area contributed by atoms with E-state index in [2.05, 4.69) is 0 Å². The standard InChI is InChI=1S/C12H20O5S/c1-3-16-11(14)9(12(15)17-4-2)10(13)8-5-6-18-7-8/h8-10,13H,3-7H2,1-2H3. The first-order chi connectivity index (χ1) is 8.61. The number of hydrogen-bond acceptors (Lipinski definition) is 6. The minimum absolute atomic E-state index is 0.0474. The molecule has 18 heavy (non-hydrogen) atoms. The van der Waals surface area contributed by atoms with E-state index in [0.717, 1.165) is 17.9 Å². The maximum Gasteiger partial charge on any atom is 0.323 e. The first kappa shape index (κ1) is 15.3. The molecule has 1 N–H and O–H groups in total. The van der Waals surface area contributed by atoms with Gasteiger partial charge in [-0.25, -0.2) is 0 Å². The quantitative estimate of drug-likeness (QED) is 0.572. The highest BCUT2D eigenvalue weighted by Crippen LogP contribution is 2.30. The van der Waals surface area contributed by atoms with Crippen molar-refractivity contribution in [1.82, 2.24) is 0 Å². The summed E-state index contributed by atoms with van der Waals surface area (Å²) in [5.74, 6) is -0.945. The summed E-state index contributed by atoms with van der Waals surface area (Å²) in [4.78, 5) is 23.5. The second kappa shape index (κ2) is 7.63. The molecule has 0 spiro atoms. The molecule has 2 unspecified atom stereocenters. The van der Waals surface area contributed by atoms with E-state index in [-0.39, 0.29) is 19.1 Å². The molecule has 1 fully saturated rings. The third-order valence-corrected chi connectivity index (χ3v) is 4.06. The van der Waals surface area contributed by atoms with Gasteiger partial charge in [-0.05, 0) is 37.7 Å². The van der Waals surface area contributed by atoms with Crippen LogP contribution < -0.4 is 0 Å². The van der Waals surface area contributed by atoms with Crippen molar-refractivity contribution in [1.29, 1.82) is 0 Å². The van der Waals surface area contributed by atoms with E-state index in [4.69, 9.17) is 9.47 Å². The summed E-state index contributed by atoms with van der Waals surface area (Å²) < 4.78 is 9.69. The lowest BCUT2D eigenvalue weighted by atomic mass is 9.90. The molecule has 1 aliphatic heterocycles. The SMILES string of the molecule is CCOC(=O)C(C(=O)OCC)C(O)C1CCSC1. The van der Waals surface area contributed by atoms with Gasteiger partial charge in [-0.1, -0.05) is 0 Å². The van der Waals surface area contributed by atoms with E-state index >= 15 is 0 Å². The summed E-state index contributed by atoms with van der Waals surface area (Å²) >= 11 is 1.71. The fourth-order valence-corrected chi connectivity index (χ4v) is 3.24. The molecule has 1 heterocycles. The van der Waals surface area contributed by atoms with Crippen LogP contribution in [0.25, 0.3) is 0 Å². The zero-order valence-corrected chi connectivity index (χ0v) is 11.6. The van der Waals surface area contributed by atoms with Crippen LogP contribution in [0.15, 0.2) is 0 Å². The number of carbonyl (C=O) groups is 2. The number of aliphatic hydroxyl groups is 1. The van der Waals surface area contributed by atoms with E-state index in [1.54, 1.807) is 25.6 Å². The van der Waals surface area contributed by atoms with E-state index in [1.165, 1.54) is 0 Å². The van der Waals surface area contributed by atoms with Gasteiger partial charge in [0.25, 0.3) is 0 Å². The van der Waals surface area contributed by atoms with E-state index in [1.807, 2.05) is 0 Å². The van der Waals surface area contributed by atoms with Crippen LogP contribution in [0.1, 0.15) is 20.3 Å². The Kier molecular flexibility index (Phi) is 6.49. The van der Waals surface area contributed by atoms with Crippen LogP contribution in [0.5, 0.6) is 0 Å². The van der Waals surface area contributed by atoms with Crippen LogP contribution in [0.3, 0.4) is 0 Å². The molecule has 1 rings (SSSR count). The minimum atomic E-state index is -1.21. The van der Waals surface area contributed by atoms with Crippen LogP contribution in [0.2, 0.25) is 0 Å². The van der Waals surface area contributed by atoms with Gasteiger partial charge >= 0.3 is 11.9 Å². The second-order valence-electron chi connectivity index (χ2n) is 4.10. The first-order valence-corrected chi connectivity index (χ1v) is 7.36.